The minimum absolute atomic E-state index is 0.190. The highest BCUT2D eigenvalue weighted by Gasteiger charge is 2.13. The number of carbonyl (C=O) groups excluding carboxylic acids is 1. The molecule has 0 aliphatic carbocycles. The van der Waals surface area contributed by atoms with Gasteiger partial charge in [0.05, 0.1) is 11.1 Å². The molecule has 1 amide bonds. The van der Waals surface area contributed by atoms with Crippen molar-refractivity contribution in [2.75, 3.05) is 6.54 Å². The molecule has 1 saturated heterocycles. The number of hydrogen-bond acceptors (Lipinski definition) is 5. The molecule has 5 N–H and O–H groups in total. The van der Waals surface area contributed by atoms with Crippen LogP contribution < -0.4 is 5.32 Å². The molecule has 0 bridgehead atoms. The van der Waals surface area contributed by atoms with Gasteiger partial charge in [-0.15, -0.1) is 0 Å². The first kappa shape index (κ1) is 28.6. The third-order valence-corrected chi connectivity index (χ3v) is 4.32. The predicted octanol–water partition coefficient (Wildman–Crippen LogP) is 3.26. The van der Waals surface area contributed by atoms with Crippen LogP contribution in [0.3, 0.4) is 0 Å². The Hall–Kier alpha value is -3.43. The zero-order valence-electron chi connectivity index (χ0n) is 17.9. The smallest absolute Gasteiger partial charge is 0.336 e. The molecule has 1 heterocycles. The first-order valence-electron chi connectivity index (χ1n) is 10.4. The van der Waals surface area contributed by atoms with E-state index >= 15 is 0 Å². The lowest BCUT2D eigenvalue weighted by Crippen LogP contribution is -2.12. The van der Waals surface area contributed by atoms with Crippen LogP contribution in [0.25, 0.3) is 0 Å². The van der Waals surface area contributed by atoms with Crippen LogP contribution in [-0.4, -0.2) is 56.8 Å². The molecular weight excluding hydrogens is 422 g/mol. The number of amides is 1. The number of unbranched alkanes of at least 4 members (excludes halogenated alkanes) is 5. The molecule has 32 heavy (non-hydrogen) atoms. The van der Waals surface area contributed by atoms with E-state index in [4.69, 9.17) is 20.4 Å². The lowest BCUT2D eigenvalue weighted by atomic mass is 10.1. The van der Waals surface area contributed by atoms with Crippen LogP contribution in [0.1, 0.15) is 84.9 Å². The molecular formula is C22H31NO9. The summed E-state index contributed by atoms with van der Waals surface area (Å²) in [6, 6.07) is 5.48. The lowest BCUT2D eigenvalue weighted by Gasteiger charge is -1.98. The SMILES string of the molecule is O=C(O)CCCCCCCCC(=O)O.O=C(O)c1ccccc1C(=O)O.O=C1CCCN1. The Bertz CT molecular complexity index is 701. The van der Waals surface area contributed by atoms with Crippen LogP contribution in [0, 0.1) is 0 Å². The fourth-order valence-electron chi connectivity index (χ4n) is 2.68. The minimum Gasteiger partial charge on any atom is -0.481 e. The van der Waals surface area contributed by atoms with E-state index in [-0.39, 0.29) is 29.9 Å². The highest BCUT2D eigenvalue weighted by atomic mass is 16.4. The molecule has 1 aliphatic rings. The van der Waals surface area contributed by atoms with E-state index in [1.807, 2.05) is 0 Å². The summed E-state index contributed by atoms with van der Waals surface area (Å²) in [7, 11) is 0. The zero-order chi connectivity index (χ0) is 24.4. The average Bonchev–Trinajstić information content (AvgIpc) is 3.21. The number of aliphatic carboxylic acids is 2. The molecule has 10 nitrogen and oxygen atoms in total. The van der Waals surface area contributed by atoms with Gasteiger partial charge in [0, 0.05) is 25.8 Å². The number of rotatable bonds is 11. The van der Waals surface area contributed by atoms with Gasteiger partial charge in [-0.3, -0.25) is 14.4 Å². The Morgan fingerprint density at radius 1 is 0.719 bits per heavy atom. The quantitative estimate of drug-likeness (QED) is 0.314. The van der Waals surface area contributed by atoms with Crippen molar-refractivity contribution in [3.63, 3.8) is 0 Å². The normalized spacial score (nSPS) is 11.8. The maximum absolute atomic E-state index is 10.5. The maximum Gasteiger partial charge on any atom is 0.336 e. The van der Waals surface area contributed by atoms with Crippen LogP contribution in [-0.2, 0) is 14.4 Å². The van der Waals surface area contributed by atoms with Crippen molar-refractivity contribution < 1.29 is 44.4 Å². The van der Waals surface area contributed by atoms with Gasteiger partial charge in [-0.05, 0) is 31.4 Å². The number of aromatic carboxylic acids is 2. The summed E-state index contributed by atoms with van der Waals surface area (Å²) in [6.07, 6.45) is 7.59. The van der Waals surface area contributed by atoms with Crippen LogP contribution in [0.15, 0.2) is 24.3 Å². The summed E-state index contributed by atoms with van der Waals surface area (Å²) >= 11 is 0. The molecule has 1 fully saturated rings. The molecule has 1 aliphatic heterocycles. The van der Waals surface area contributed by atoms with Crippen LogP contribution in [0.4, 0.5) is 0 Å². The summed E-state index contributed by atoms with van der Waals surface area (Å²) < 4.78 is 0. The predicted molar refractivity (Wildman–Crippen MR) is 115 cm³/mol. The average molecular weight is 453 g/mol. The largest absolute Gasteiger partial charge is 0.481 e. The second-order valence-electron chi connectivity index (χ2n) is 7.02. The molecule has 0 spiro atoms. The van der Waals surface area contributed by atoms with Crippen molar-refractivity contribution in [2.45, 2.75) is 64.2 Å². The van der Waals surface area contributed by atoms with Crippen molar-refractivity contribution in [1.29, 1.82) is 0 Å². The Morgan fingerprint density at radius 3 is 1.38 bits per heavy atom. The number of carboxylic acids is 4. The van der Waals surface area contributed by atoms with Crippen LogP contribution >= 0.6 is 0 Å². The van der Waals surface area contributed by atoms with Gasteiger partial charge in [0.25, 0.3) is 0 Å². The fourth-order valence-corrected chi connectivity index (χ4v) is 2.68. The van der Waals surface area contributed by atoms with E-state index in [0.29, 0.717) is 0 Å². The molecule has 0 atom stereocenters. The molecule has 0 unspecified atom stereocenters. The topological polar surface area (TPSA) is 178 Å². The number of hydrogen-bond donors (Lipinski definition) is 5. The first-order chi connectivity index (χ1) is 15.1. The summed E-state index contributed by atoms with van der Waals surface area (Å²) in [4.78, 5) is 51.3. The van der Waals surface area contributed by atoms with Gasteiger partial charge in [-0.25, -0.2) is 9.59 Å². The highest BCUT2D eigenvalue weighted by Crippen LogP contribution is 2.09. The molecule has 1 aromatic rings. The van der Waals surface area contributed by atoms with Crippen molar-refractivity contribution in [1.82, 2.24) is 5.32 Å². The summed E-state index contributed by atoms with van der Waals surface area (Å²) in [5.74, 6) is -3.73. The second-order valence-corrected chi connectivity index (χ2v) is 7.02. The standard InChI is InChI=1S/C10H18O4.C8H6O4.C4H7NO/c11-9(12)7-5-3-1-2-4-6-8-10(13)14;9-7(10)5-3-1-2-4-6(5)8(11)12;6-4-2-1-3-5-4/h1-8H2,(H,11,12)(H,13,14);1-4H,(H,9,10)(H,11,12);1-3H2,(H,5,6). The fraction of sp³-hybridized carbons (Fsp3) is 0.500. The lowest BCUT2D eigenvalue weighted by molar-refractivity contribution is -0.138. The Balaban J connectivity index is 0.000000481. The van der Waals surface area contributed by atoms with Gasteiger partial charge < -0.3 is 25.7 Å². The van der Waals surface area contributed by atoms with E-state index in [1.54, 1.807) is 0 Å². The van der Waals surface area contributed by atoms with Gasteiger partial charge >= 0.3 is 23.9 Å². The van der Waals surface area contributed by atoms with Gasteiger partial charge in [0.1, 0.15) is 0 Å². The van der Waals surface area contributed by atoms with Crippen molar-refractivity contribution >= 4 is 29.8 Å². The minimum atomic E-state index is -1.23. The maximum atomic E-state index is 10.5. The summed E-state index contributed by atoms with van der Waals surface area (Å²) in [5.41, 5.74) is -0.380. The van der Waals surface area contributed by atoms with Crippen LogP contribution in [0.2, 0.25) is 0 Å². The van der Waals surface area contributed by atoms with Crippen molar-refractivity contribution in [2.24, 2.45) is 0 Å². The number of nitrogens with one attached hydrogen (secondary N) is 1. The molecule has 0 saturated carbocycles. The van der Waals surface area contributed by atoms with Gasteiger partial charge in [-0.1, -0.05) is 37.8 Å². The van der Waals surface area contributed by atoms with Gasteiger partial charge in [0.15, 0.2) is 0 Å². The number of carboxylic acid groups (broad SMARTS) is 4. The number of carbonyl (C=O) groups is 5. The Morgan fingerprint density at radius 2 is 1.12 bits per heavy atom. The monoisotopic (exact) mass is 453 g/mol. The number of benzene rings is 1. The third kappa shape index (κ3) is 15.4. The van der Waals surface area contributed by atoms with Gasteiger partial charge in [-0.2, -0.15) is 0 Å². The molecule has 2 rings (SSSR count). The van der Waals surface area contributed by atoms with Crippen molar-refractivity contribution in [3.05, 3.63) is 35.4 Å². The Labute approximate surface area is 186 Å². The molecule has 10 heteroatoms. The first-order valence-corrected chi connectivity index (χ1v) is 10.4. The third-order valence-electron chi connectivity index (χ3n) is 4.32. The molecule has 0 aromatic heterocycles. The summed E-state index contributed by atoms with van der Waals surface area (Å²) in [5, 5.41) is 36.5. The molecule has 178 valence electrons. The van der Waals surface area contributed by atoms with E-state index in [2.05, 4.69) is 5.32 Å². The second kappa shape index (κ2) is 17.3. The molecule has 0 radical (unpaired) electrons. The molecule has 1 aromatic carbocycles. The van der Waals surface area contributed by atoms with E-state index in [0.717, 1.165) is 57.9 Å². The Kier molecular flexibility index (Phi) is 15.4. The van der Waals surface area contributed by atoms with Gasteiger partial charge in [0.2, 0.25) is 5.91 Å². The van der Waals surface area contributed by atoms with Crippen molar-refractivity contribution in [3.8, 4) is 0 Å². The highest BCUT2D eigenvalue weighted by molar-refractivity contribution is 6.01. The van der Waals surface area contributed by atoms with Crippen LogP contribution in [0.5, 0.6) is 0 Å². The van der Waals surface area contributed by atoms with E-state index in [9.17, 15) is 24.0 Å². The van der Waals surface area contributed by atoms with E-state index in [1.165, 1.54) is 24.3 Å². The summed E-state index contributed by atoms with van der Waals surface area (Å²) in [6.45, 7) is 0.888. The zero-order valence-corrected chi connectivity index (χ0v) is 17.9. The van der Waals surface area contributed by atoms with E-state index < -0.39 is 23.9 Å².